The molecule has 6 nitrogen and oxygen atoms in total. The molecular formula is C23H30N2O4. The third kappa shape index (κ3) is 6.59. The molecule has 0 aliphatic carbocycles. The number of rotatable bonds is 6. The summed E-state index contributed by atoms with van der Waals surface area (Å²) in [5.74, 6) is -0.390. The number of nitrogens with one attached hydrogen (secondary N) is 1. The van der Waals surface area contributed by atoms with E-state index in [1.165, 1.54) is 0 Å². The first-order valence-corrected chi connectivity index (χ1v) is 9.78. The Hall–Kier alpha value is -2.89. The molecule has 0 radical (unpaired) electrons. The lowest BCUT2D eigenvalue weighted by Gasteiger charge is -2.24. The third-order valence-electron chi connectivity index (χ3n) is 4.29. The molecule has 1 aromatic carbocycles. The second kappa shape index (κ2) is 9.54. The molecule has 1 atom stereocenters. The van der Waals surface area contributed by atoms with Crippen LogP contribution < -0.4 is 5.32 Å². The van der Waals surface area contributed by atoms with Crippen LogP contribution in [0.15, 0.2) is 36.5 Å². The SMILES string of the molecule is CCOC(=O)C[C@@H](NC(=O)OC(C)(C)C)c1ccnc(-c2c(C)cccc2C)c1. The molecule has 2 rings (SSSR count). The average molecular weight is 399 g/mol. The summed E-state index contributed by atoms with van der Waals surface area (Å²) in [6.07, 6.45) is 1.10. The van der Waals surface area contributed by atoms with Crippen LogP contribution in [0.4, 0.5) is 4.79 Å². The van der Waals surface area contributed by atoms with Gasteiger partial charge in [0, 0.05) is 11.8 Å². The minimum Gasteiger partial charge on any atom is -0.466 e. The number of pyridine rings is 1. The summed E-state index contributed by atoms with van der Waals surface area (Å²) in [6, 6.07) is 9.17. The van der Waals surface area contributed by atoms with Gasteiger partial charge in [-0.3, -0.25) is 9.78 Å². The van der Waals surface area contributed by atoms with Crippen molar-refractivity contribution in [1.82, 2.24) is 10.3 Å². The van der Waals surface area contributed by atoms with Gasteiger partial charge in [-0.2, -0.15) is 0 Å². The predicted molar refractivity (Wildman–Crippen MR) is 113 cm³/mol. The van der Waals surface area contributed by atoms with E-state index in [9.17, 15) is 9.59 Å². The number of carbonyl (C=O) groups excluding carboxylic acids is 2. The molecule has 1 amide bonds. The second-order valence-electron chi connectivity index (χ2n) is 7.95. The monoisotopic (exact) mass is 398 g/mol. The molecule has 1 heterocycles. The Morgan fingerprint density at radius 1 is 1.14 bits per heavy atom. The summed E-state index contributed by atoms with van der Waals surface area (Å²) in [4.78, 5) is 29.0. The molecule has 156 valence electrons. The molecule has 1 aromatic heterocycles. The highest BCUT2D eigenvalue weighted by atomic mass is 16.6. The van der Waals surface area contributed by atoms with E-state index in [1.807, 2.05) is 38.1 Å². The Morgan fingerprint density at radius 3 is 2.38 bits per heavy atom. The van der Waals surface area contributed by atoms with Gasteiger partial charge in [0.1, 0.15) is 5.60 Å². The van der Waals surface area contributed by atoms with Crippen molar-refractivity contribution < 1.29 is 19.1 Å². The number of ether oxygens (including phenoxy) is 2. The van der Waals surface area contributed by atoms with Crippen LogP contribution in [0.1, 0.15) is 56.8 Å². The molecule has 29 heavy (non-hydrogen) atoms. The van der Waals surface area contributed by atoms with E-state index < -0.39 is 17.7 Å². The van der Waals surface area contributed by atoms with Gasteiger partial charge in [0.2, 0.25) is 0 Å². The Morgan fingerprint density at radius 2 is 1.79 bits per heavy atom. The van der Waals surface area contributed by atoms with Gasteiger partial charge >= 0.3 is 12.1 Å². The average Bonchev–Trinajstić information content (AvgIpc) is 2.60. The smallest absolute Gasteiger partial charge is 0.408 e. The van der Waals surface area contributed by atoms with E-state index >= 15 is 0 Å². The summed E-state index contributed by atoms with van der Waals surface area (Å²) >= 11 is 0. The maximum Gasteiger partial charge on any atom is 0.408 e. The van der Waals surface area contributed by atoms with Crippen molar-refractivity contribution in [3.63, 3.8) is 0 Å². The molecule has 0 unspecified atom stereocenters. The van der Waals surface area contributed by atoms with E-state index in [1.54, 1.807) is 40.0 Å². The normalized spacial score (nSPS) is 12.2. The number of aromatic nitrogens is 1. The number of benzene rings is 1. The molecule has 0 fully saturated rings. The highest BCUT2D eigenvalue weighted by molar-refractivity contribution is 5.74. The van der Waals surface area contributed by atoms with Gasteiger partial charge in [-0.05, 0) is 70.4 Å². The fourth-order valence-electron chi connectivity index (χ4n) is 3.11. The summed E-state index contributed by atoms with van der Waals surface area (Å²) < 4.78 is 10.4. The molecule has 0 saturated carbocycles. The summed E-state index contributed by atoms with van der Waals surface area (Å²) in [6.45, 7) is 11.5. The van der Waals surface area contributed by atoms with Crippen LogP contribution >= 0.6 is 0 Å². The lowest BCUT2D eigenvalue weighted by Crippen LogP contribution is -2.36. The molecular weight excluding hydrogens is 368 g/mol. The van der Waals surface area contributed by atoms with Crippen molar-refractivity contribution in [2.24, 2.45) is 0 Å². The van der Waals surface area contributed by atoms with E-state index in [-0.39, 0.29) is 19.0 Å². The van der Waals surface area contributed by atoms with Gasteiger partial charge in [-0.15, -0.1) is 0 Å². The van der Waals surface area contributed by atoms with Gasteiger partial charge in [0.25, 0.3) is 0 Å². The summed E-state index contributed by atoms with van der Waals surface area (Å²) in [5.41, 5.74) is 4.17. The maximum absolute atomic E-state index is 12.3. The summed E-state index contributed by atoms with van der Waals surface area (Å²) in [5, 5.41) is 2.80. The first-order chi connectivity index (χ1) is 13.6. The van der Waals surface area contributed by atoms with E-state index in [0.717, 1.165) is 27.9 Å². The molecule has 0 aliphatic rings. The van der Waals surface area contributed by atoms with Crippen molar-refractivity contribution >= 4 is 12.1 Å². The molecule has 0 spiro atoms. The standard InChI is InChI=1S/C23H30N2O4/c1-7-28-20(26)14-18(25-22(27)29-23(4,5)6)17-11-12-24-19(13-17)21-15(2)9-8-10-16(21)3/h8-13,18H,7,14H2,1-6H3,(H,25,27)/t18-/m1/s1. The molecule has 0 saturated heterocycles. The van der Waals surface area contributed by atoms with Crippen molar-refractivity contribution in [3.8, 4) is 11.3 Å². The molecule has 0 bridgehead atoms. The lowest BCUT2D eigenvalue weighted by molar-refractivity contribution is -0.143. The van der Waals surface area contributed by atoms with E-state index in [2.05, 4.69) is 10.3 Å². The topological polar surface area (TPSA) is 77.5 Å². The van der Waals surface area contributed by atoms with Crippen LogP contribution in [-0.4, -0.2) is 29.3 Å². The van der Waals surface area contributed by atoms with Crippen molar-refractivity contribution in [2.75, 3.05) is 6.61 Å². The van der Waals surface area contributed by atoms with Gasteiger partial charge < -0.3 is 14.8 Å². The van der Waals surface area contributed by atoms with Gasteiger partial charge in [-0.25, -0.2) is 4.79 Å². The number of amides is 1. The molecule has 6 heteroatoms. The Bertz CT molecular complexity index is 851. The number of alkyl carbamates (subject to hydrolysis) is 1. The number of aryl methyl sites for hydroxylation is 2. The van der Waals surface area contributed by atoms with Gasteiger partial charge in [-0.1, -0.05) is 18.2 Å². The highest BCUT2D eigenvalue weighted by Crippen LogP contribution is 2.28. The zero-order valence-electron chi connectivity index (χ0n) is 18.0. The summed E-state index contributed by atoms with van der Waals surface area (Å²) in [7, 11) is 0. The number of hydrogen-bond donors (Lipinski definition) is 1. The van der Waals surface area contributed by atoms with Crippen molar-refractivity contribution in [3.05, 3.63) is 53.2 Å². The Labute approximate surface area is 172 Å². The molecule has 2 aromatic rings. The largest absolute Gasteiger partial charge is 0.466 e. The van der Waals surface area contributed by atoms with Crippen LogP contribution in [0.3, 0.4) is 0 Å². The van der Waals surface area contributed by atoms with Crippen LogP contribution in [0.5, 0.6) is 0 Å². The minimum absolute atomic E-state index is 0.00326. The van der Waals surface area contributed by atoms with Gasteiger partial charge in [0.15, 0.2) is 0 Å². The fourth-order valence-corrected chi connectivity index (χ4v) is 3.11. The minimum atomic E-state index is -0.639. The quantitative estimate of drug-likeness (QED) is 0.702. The first kappa shape index (κ1) is 22.4. The number of hydrogen-bond acceptors (Lipinski definition) is 5. The third-order valence-corrected chi connectivity index (χ3v) is 4.29. The van der Waals surface area contributed by atoms with Crippen molar-refractivity contribution in [1.29, 1.82) is 0 Å². The zero-order chi connectivity index (χ0) is 21.6. The van der Waals surface area contributed by atoms with Crippen LogP contribution in [0, 0.1) is 13.8 Å². The number of carbonyl (C=O) groups is 2. The van der Waals surface area contributed by atoms with Crippen LogP contribution in [0.25, 0.3) is 11.3 Å². The lowest BCUT2D eigenvalue weighted by atomic mass is 9.96. The van der Waals surface area contributed by atoms with Gasteiger partial charge in [0.05, 0.1) is 24.8 Å². The second-order valence-corrected chi connectivity index (χ2v) is 7.95. The van der Waals surface area contributed by atoms with Crippen LogP contribution in [0.2, 0.25) is 0 Å². The number of esters is 1. The molecule has 1 N–H and O–H groups in total. The maximum atomic E-state index is 12.3. The Balaban J connectivity index is 2.37. The fraction of sp³-hybridized carbons (Fsp3) is 0.435. The van der Waals surface area contributed by atoms with E-state index in [0.29, 0.717) is 0 Å². The number of nitrogens with zero attached hydrogens (tertiary/aromatic N) is 1. The highest BCUT2D eigenvalue weighted by Gasteiger charge is 2.24. The van der Waals surface area contributed by atoms with Crippen LogP contribution in [-0.2, 0) is 14.3 Å². The van der Waals surface area contributed by atoms with E-state index in [4.69, 9.17) is 9.47 Å². The molecule has 0 aliphatic heterocycles. The Kier molecular flexibility index (Phi) is 7.37. The first-order valence-electron chi connectivity index (χ1n) is 9.78. The zero-order valence-corrected chi connectivity index (χ0v) is 18.0. The predicted octanol–water partition coefficient (Wildman–Crippen LogP) is 4.88. The van der Waals surface area contributed by atoms with Crippen molar-refractivity contribution in [2.45, 2.75) is 59.6 Å².